The zero-order chi connectivity index (χ0) is 11.6. The van der Waals surface area contributed by atoms with Crippen molar-refractivity contribution in [3.05, 3.63) is 17.5 Å². The van der Waals surface area contributed by atoms with Crippen LogP contribution < -0.4 is 0 Å². The van der Waals surface area contributed by atoms with Crippen LogP contribution in [-0.4, -0.2) is 15.7 Å². The lowest BCUT2D eigenvalue weighted by Gasteiger charge is -2.13. The third-order valence-electron chi connectivity index (χ3n) is 2.46. The molecule has 84 valence electrons. The molecular formula is C12H20N2O. The van der Waals surface area contributed by atoms with Crippen LogP contribution in [0.1, 0.15) is 43.4 Å². The maximum atomic E-state index is 12.0. The summed E-state index contributed by atoms with van der Waals surface area (Å²) >= 11 is 0. The average molecular weight is 208 g/mol. The van der Waals surface area contributed by atoms with Gasteiger partial charge in [-0.3, -0.25) is 4.79 Å². The van der Waals surface area contributed by atoms with Crippen LogP contribution in [0.3, 0.4) is 0 Å². The average Bonchev–Trinajstić information content (AvgIpc) is 2.42. The number of aryl methyl sites for hydroxylation is 2. The Morgan fingerprint density at radius 1 is 1.40 bits per heavy atom. The predicted octanol–water partition coefficient (Wildman–Crippen LogP) is 2.82. The summed E-state index contributed by atoms with van der Waals surface area (Å²) in [7, 11) is 0. The first-order valence-electron chi connectivity index (χ1n) is 5.49. The van der Waals surface area contributed by atoms with Crippen LogP contribution in [-0.2, 0) is 0 Å². The van der Waals surface area contributed by atoms with Gasteiger partial charge in [-0.25, -0.2) is 4.68 Å². The summed E-state index contributed by atoms with van der Waals surface area (Å²) in [6.45, 7) is 10.1. The first kappa shape index (κ1) is 12.0. The van der Waals surface area contributed by atoms with Gasteiger partial charge in [0.25, 0.3) is 0 Å². The first-order chi connectivity index (χ1) is 6.91. The number of carbonyl (C=O) groups excluding carboxylic acids is 1. The number of aromatic nitrogens is 2. The highest BCUT2D eigenvalue weighted by atomic mass is 16.2. The minimum absolute atomic E-state index is 0.0444. The summed E-state index contributed by atoms with van der Waals surface area (Å²) in [6.07, 6.45) is 0.914. The number of carbonyl (C=O) groups is 1. The fourth-order valence-corrected chi connectivity index (χ4v) is 1.87. The molecule has 0 bridgehead atoms. The Morgan fingerprint density at radius 3 is 2.40 bits per heavy atom. The number of hydrogen-bond acceptors (Lipinski definition) is 2. The van der Waals surface area contributed by atoms with Crippen molar-refractivity contribution in [2.24, 2.45) is 11.8 Å². The van der Waals surface area contributed by atoms with Crippen molar-refractivity contribution in [2.45, 2.75) is 41.0 Å². The van der Waals surface area contributed by atoms with Gasteiger partial charge in [0.05, 0.1) is 5.69 Å². The van der Waals surface area contributed by atoms with Crippen LogP contribution in [0, 0.1) is 25.7 Å². The molecule has 0 radical (unpaired) electrons. The van der Waals surface area contributed by atoms with Gasteiger partial charge >= 0.3 is 0 Å². The van der Waals surface area contributed by atoms with E-state index in [2.05, 4.69) is 18.9 Å². The minimum atomic E-state index is 0.0444. The second-order valence-corrected chi connectivity index (χ2v) is 4.71. The largest absolute Gasteiger partial charge is 0.272 e. The molecule has 0 saturated heterocycles. The SMILES string of the molecule is Cc1cc(C)n(C(=O)[C@H](C)CC(C)C)n1. The third kappa shape index (κ3) is 2.91. The standard InChI is InChI=1S/C12H20N2O/c1-8(2)6-9(3)12(15)14-11(5)7-10(4)13-14/h7-9H,6H2,1-5H3/t9-/m1/s1. The Balaban J connectivity index is 2.80. The van der Waals surface area contributed by atoms with Gasteiger partial charge in [0.15, 0.2) is 0 Å². The second kappa shape index (κ2) is 4.60. The topological polar surface area (TPSA) is 34.9 Å². The zero-order valence-electron chi connectivity index (χ0n) is 10.2. The summed E-state index contributed by atoms with van der Waals surface area (Å²) < 4.78 is 1.53. The van der Waals surface area contributed by atoms with Gasteiger partial charge in [-0.1, -0.05) is 20.8 Å². The molecule has 0 saturated carbocycles. The van der Waals surface area contributed by atoms with Gasteiger partial charge in [-0.15, -0.1) is 0 Å². The molecule has 1 aromatic heterocycles. The lowest BCUT2D eigenvalue weighted by molar-refractivity contribution is 0.0809. The van der Waals surface area contributed by atoms with Crippen LogP contribution in [0.25, 0.3) is 0 Å². The number of rotatable bonds is 3. The van der Waals surface area contributed by atoms with E-state index in [4.69, 9.17) is 0 Å². The fourth-order valence-electron chi connectivity index (χ4n) is 1.87. The normalized spacial score (nSPS) is 13.2. The van der Waals surface area contributed by atoms with Crippen molar-refractivity contribution in [3.8, 4) is 0 Å². The Labute approximate surface area is 91.5 Å². The number of hydrogen-bond donors (Lipinski definition) is 0. The van der Waals surface area contributed by atoms with Gasteiger partial charge in [-0.05, 0) is 32.3 Å². The van der Waals surface area contributed by atoms with E-state index >= 15 is 0 Å². The van der Waals surface area contributed by atoms with Crippen molar-refractivity contribution in [2.75, 3.05) is 0 Å². The minimum Gasteiger partial charge on any atom is -0.272 e. The summed E-state index contributed by atoms with van der Waals surface area (Å²) in [6, 6.07) is 1.93. The Hall–Kier alpha value is -1.12. The van der Waals surface area contributed by atoms with Crippen molar-refractivity contribution in [1.29, 1.82) is 0 Å². The van der Waals surface area contributed by atoms with Crippen LogP contribution in [0.5, 0.6) is 0 Å². The van der Waals surface area contributed by atoms with Crippen molar-refractivity contribution < 1.29 is 4.79 Å². The molecule has 0 unspecified atom stereocenters. The Kier molecular flexibility index (Phi) is 3.66. The maximum Gasteiger partial charge on any atom is 0.249 e. The molecule has 0 aromatic carbocycles. The Morgan fingerprint density at radius 2 is 2.00 bits per heavy atom. The molecule has 0 spiro atoms. The van der Waals surface area contributed by atoms with E-state index in [0.717, 1.165) is 17.8 Å². The van der Waals surface area contributed by atoms with Crippen LogP contribution in [0.2, 0.25) is 0 Å². The van der Waals surface area contributed by atoms with Crippen molar-refractivity contribution >= 4 is 5.91 Å². The molecule has 3 nitrogen and oxygen atoms in total. The summed E-state index contributed by atoms with van der Waals surface area (Å²) in [4.78, 5) is 12.0. The predicted molar refractivity (Wildman–Crippen MR) is 60.9 cm³/mol. The number of nitrogens with zero attached hydrogens (tertiary/aromatic N) is 2. The Bertz CT molecular complexity index is 353. The highest BCUT2D eigenvalue weighted by molar-refractivity contribution is 5.80. The molecule has 0 aliphatic carbocycles. The summed E-state index contributed by atoms with van der Waals surface area (Å²) in [5.74, 6) is 0.693. The van der Waals surface area contributed by atoms with E-state index in [1.165, 1.54) is 4.68 Å². The lowest BCUT2D eigenvalue weighted by Crippen LogP contribution is -2.23. The molecule has 1 rings (SSSR count). The van der Waals surface area contributed by atoms with E-state index in [1.807, 2.05) is 26.8 Å². The van der Waals surface area contributed by atoms with E-state index in [-0.39, 0.29) is 11.8 Å². The van der Waals surface area contributed by atoms with Gasteiger partial charge in [-0.2, -0.15) is 5.10 Å². The molecule has 1 heterocycles. The lowest BCUT2D eigenvalue weighted by atomic mass is 9.98. The first-order valence-corrected chi connectivity index (χ1v) is 5.49. The quantitative estimate of drug-likeness (QED) is 0.765. The third-order valence-corrected chi connectivity index (χ3v) is 2.46. The summed E-state index contributed by atoms with van der Waals surface area (Å²) in [5, 5.41) is 4.21. The van der Waals surface area contributed by atoms with E-state index in [1.54, 1.807) is 0 Å². The molecule has 0 amide bonds. The van der Waals surface area contributed by atoms with Crippen molar-refractivity contribution in [3.63, 3.8) is 0 Å². The van der Waals surface area contributed by atoms with Crippen LogP contribution >= 0.6 is 0 Å². The molecule has 3 heteroatoms. The van der Waals surface area contributed by atoms with Gasteiger partial charge in [0, 0.05) is 11.6 Å². The van der Waals surface area contributed by atoms with Gasteiger partial charge in [0.2, 0.25) is 5.91 Å². The molecule has 0 N–H and O–H groups in total. The second-order valence-electron chi connectivity index (χ2n) is 4.71. The monoisotopic (exact) mass is 208 g/mol. The van der Waals surface area contributed by atoms with Gasteiger partial charge in [0.1, 0.15) is 0 Å². The van der Waals surface area contributed by atoms with E-state index in [9.17, 15) is 4.79 Å². The fraction of sp³-hybridized carbons (Fsp3) is 0.667. The molecule has 0 aliphatic heterocycles. The molecule has 1 aromatic rings. The smallest absolute Gasteiger partial charge is 0.249 e. The van der Waals surface area contributed by atoms with Gasteiger partial charge < -0.3 is 0 Å². The summed E-state index contributed by atoms with van der Waals surface area (Å²) in [5.41, 5.74) is 1.82. The van der Waals surface area contributed by atoms with Crippen LogP contribution in [0.15, 0.2) is 6.07 Å². The van der Waals surface area contributed by atoms with E-state index < -0.39 is 0 Å². The molecule has 0 fully saturated rings. The molecule has 15 heavy (non-hydrogen) atoms. The molecule has 1 atom stereocenters. The zero-order valence-corrected chi connectivity index (χ0v) is 10.2. The van der Waals surface area contributed by atoms with Crippen LogP contribution in [0.4, 0.5) is 0 Å². The molecule has 0 aliphatic rings. The highest BCUT2D eigenvalue weighted by Crippen LogP contribution is 2.14. The maximum absolute atomic E-state index is 12.0. The molecular weight excluding hydrogens is 188 g/mol. The van der Waals surface area contributed by atoms with Crippen molar-refractivity contribution in [1.82, 2.24) is 9.78 Å². The highest BCUT2D eigenvalue weighted by Gasteiger charge is 2.18. The van der Waals surface area contributed by atoms with E-state index in [0.29, 0.717) is 5.92 Å².